The maximum absolute atomic E-state index is 12.7. The summed E-state index contributed by atoms with van der Waals surface area (Å²) in [7, 11) is 0. The number of carbonyl (C=O) groups excluding carboxylic acids is 2. The average molecular weight is 266 g/mol. The molecule has 2 atom stereocenters. The van der Waals surface area contributed by atoms with Crippen molar-refractivity contribution in [1.82, 2.24) is 10.2 Å². The van der Waals surface area contributed by atoms with Crippen molar-refractivity contribution in [2.75, 3.05) is 0 Å². The van der Waals surface area contributed by atoms with Gasteiger partial charge in [0.05, 0.1) is 12.1 Å². The number of rotatable bonds is 1. The van der Waals surface area contributed by atoms with Gasteiger partial charge >= 0.3 is 6.03 Å². The van der Waals surface area contributed by atoms with Gasteiger partial charge in [0.25, 0.3) is 5.91 Å². The number of amides is 3. The van der Waals surface area contributed by atoms with E-state index >= 15 is 0 Å². The first-order valence-corrected chi connectivity index (χ1v) is 7.37. The molecule has 1 saturated heterocycles. The fraction of sp³-hybridized carbons (Fsp3) is 0.857. The van der Waals surface area contributed by atoms with Gasteiger partial charge in [-0.2, -0.15) is 0 Å². The number of aliphatic hydroxyl groups is 1. The summed E-state index contributed by atoms with van der Waals surface area (Å²) in [6.07, 6.45) is 5.18. The first-order valence-electron chi connectivity index (χ1n) is 7.37. The van der Waals surface area contributed by atoms with Crippen molar-refractivity contribution >= 4 is 11.9 Å². The van der Waals surface area contributed by atoms with E-state index in [1.54, 1.807) is 0 Å². The van der Waals surface area contributed by atoms with Crippen molar-refractivity contribution in [2.45, 2.75) is 69.6 Å². The Balaban J connectivity index is 1.81. The fourth-order valence-corrected chi connectivity index (χ4v) is 3.76. The van der Waals surface area contributed by atoms with Crippen LogP contribution >= 0.6 is 0 Å². The minimum atomic E-state index is -0.675. The molecule has 19 heavy (non-hydrogen) atoms. The molecule has 106 valence electrons. The SMILES string of the molecule is CC1CCC2(CC1)NC(=O)N([C@H]1CCC[C@@H]1O)C2=O. The Morgan fingerprint density at radius 2 is 1.89 bits per heavy atom. The van der Waals surface area contributed by atoms with Gasteiger partial charge in [-0.25, -0.2) is 4.79 Å². The van der Waals surface area contributed by atoms with Crippen molar-refractivity contribution < 1.29 is 14.7 Å². The minimum absolute atomic E-state index is 0.102. The van der Waals surface area contributed by atoms with E-state index in [4.69, 9.17) is 0 Å². The lowest BCUT2D eigenvalue weighted by atomic mass is 9.77. The molecule has 0 bridgehead atoms. The molecule has 5 heteroatoms. The molecule has 3 fully saturated rings. The Morgan fingerprint density at radius 1 is 1.21 bits per heavy atom. The van der Waals surface area contributed by atoms with Crippen LogP contribution in [0.15, 0.2) is 0 Å². The fourth-order valence-electron chi connectivity index (χ4n) is 3.76. The molecule has 0 aromatic rings. The second-order valence-corrected chi connectivity index (χ2v) is 6.44. The molecule has 3 amide bonds. The number of urea groups is 1. The smallest absolute Gasteiger partial charge is 0.325 e. The predicted molar refractivity (Wildman–Crippen MR) is 69.4 cm³/mol. The quantitative estimate of drug-likeness (QED) is 0.705. The third-order valence-corrected chi connectivity index (χ3v) is 5.10. The molecule has 5 nitrogen and oxygen atoms in total. The van der Waals surface area contributed by atoms with E-state index in [1.807, 2.05) is 0 Å². The van der Waals surface area contributed by atoms with E-state index in [0.29, 0.717) is 12.3 Å². The van der Waals surface area contributed by atoms with Crippen LogP contribution in [-0.2, 0) is 4.79 Å². The topological polar surface area (TPSA) is 69.6 Å². The number of nitrogens with zero attached hydrogens (tertiary/aromatic N) is 1. The van der Waals surface area contributed by atoms with Crippen LogP contribution in [0.3, 0.4) is 0 Å². The zero-order valence-corrected chi connectivity index (χ0v) is 11.4. The van der Waals surface area contributed by atoms with Crippen LogP contribution in [0.4, 0.5) is 4.79 Å². The van der Waals surface area contributed by atoms with Gasteiger partial charge in [-0.15, -0.1) is 0 Å². The molecule has 0 unspecified atom stereocenters. The number of hydrogen-bond donors (Lipinski definition) is 2. The van der Waals surface area contributed by atoms with E-state index in [-0.39, 0.29) is 18.0 Å². The summed E-state index contributed by atoms with van der Waals surface area (Å²) in [5, 5.41) is 12.9. The molecule has 1 heterocycles. The standard InChI is InChI=1S/C14H22N2O3/c1-9-5-7-14(8-6-9)12(18)16(13(19)15-14)10-3-2-4-11(10)17/h9-11,17H,2-8H2,1H3,(H,15,19)/t9?,10-,11-,14?/m0/s1. The Labute approximate surface area is 113 Å². The van der Waals surface area contributed by atoms with E-state index < -0.39 is 11.6 Å². The van der Waals surface area contributed by atoms with Crippen LogP contribution in [0, 0.1) is 5.92 Å². The number of hydrogen-bond acceptors (Lipinski definition) is 3. The van der Waals surface area contributed by atoms with Gasteiger partial charge in [0, 0.05) is 0 Å². The van der Waals surface area contributed by atoms with Crippen LogP contribution < -0.4 is 5.32 Å². The molecular formula is C14H22N2O3. The molecule has 2 saturated carbocycles. The summed E-state index contributed by atoms with van der Waals surface area (Å²) >= 11 is 0. The first-order chi connectivity index (χ1) is 9.03. The normalized spacial score (nSPS) is 43.1. The molecule has 1 spiro atoms. The third-order valence-electron chi connectivity index (χ3n) is 5.10. The van der Waals surface area contributed by atoms with Crippen molar-refractivity contribution in [3.8, 4) is 0 Å². The molecule has 3 rings (SSSR count). The third kappa shape index (κ3) is 1.95. The number of aliphatic hydroxyl groups excluding tert-OH is 1. The Morgan fingerprint density at radius 3 is 2.47 bits per heavy atom. The Kier molecular flexibility index (Phi) is 3.04. The summed E-state index contributed by atoms with van der Waals surface area (Å²) in [5.74, 6) is 0.525. The average Bonchev–Trinajstić information content (AvgIpc) is 2.88. The summed E-state index contributed by atoms with van der Waals surface area (Å²) in [6, 6.07) is -0.614. The second kappa shape index (κ2) is 4.47. The van der Waals surface area contributed by atoms with Crippen LogP contribution in [0.2, 0.25) is 0 Å². The number of nitrogens with one attached hydrogen (secondary N) is 1. The summed E-state index contributed by atoms with van der Waals surface area (Å²) in [6.45, 7) is 2.19. The number of imide groups is 1. The highest BCUT2D eigenvalue weighted by molar-refractivity contribution is 6.07. The molecule has 3 aliphatic rings. The molecule has 1 aliphatic heterocycles. The lowest BCUT2D eigenvalue weighted by Gasteiger charge is -2.34. The van der Waals surface area contributed by atoms with Gasteiger partial charge in [-0.1, -0.05) is 6.92 Å². The van der Waals surface area contributed by atoms with Gasteiger partial charge in [0.15, 0.2) is 0 Å². The molecule has 2 aliphatic carbocycles. The Bertz CT molecular complexity index is 401. The Hall–Kier alpha value is -1.10. The summed E-state index contributed by atoms with van der Waals surface area (Å²) < 4.78 is 0. The van der Waals surface area contributed by atoms with Crippen molar-refractivity contribution in [2.24, 2.45) is 5.92 Å². The molecule has 0 aromatic heterocycles. The van der Waals surface area contributed by atoms with Gasteiger partial charge in [0.1, 0.15) is 5.54 Å². The zero-order chi connectivity index (χ0) is 13.6. The number of carbonyl (C=O) groups is 2. The maximum atomic E-state index is 12.7. The van der Waals surface area contributed by atoms with E-state index in [2.05, 4.69) is 12.2 Å². The highest BCUT2D eigenvalue weighted by Crippen LogP contribution is 2.38. The lowest BCUT2D eigenvalue weighted by Crippen LogP contribution is -2.50. The minimum Gasteiger partial charge on any atom is -0.391 e. The van der Waals surface area contributed by atoms with E-state index in [0.717, 1.165) is 38.5 Å². The summed E-state index contributed by atoms with van der Waals surface area (Å²) in [4.78, 5) is 26.1. The predicted octanol–water partition coefficient (Wildman–Crippen LogP) is 1.40. The van der Waals surface area contributed by atoms with Crippen molar-refractivity contribution in [3.05, 3.63) is 0 Å². The zero-order valence-electron chi connectivity index (χ0n) is 11.4. The monoisotopic (exact) mass is 266 g/mol. The first kappa shape index (κ1) is 12.9. The van der Waals surface area contributed by atoms with Gasteiger partial charge in [0.2, 0.25) is 0 Å². The summed E-state index contributed by atoms with van der Waals surface area (Å²) in [5.41, 5.74) is -0.675. The molecular weight excluding hydrogens is 244 g/mol. The highest BCUT2D eigenvalue weighted by atomic mass is 16.3. The van der Waals surface area contributed by atoms with Gasteiger partial charge in [-0.3, -0.25) is 9.69 Å². The molecule has 0 aromatic carbocycles. The van der Waals surface area contributed by atoms with Crippen molar-refractivity contribution in [3.63, 3.8) is 0 Å². The maximum Gasteiger partial charge on any atom is 0.325 e. The van der Waals surface area contributed by atoms with Crippen LogP contribution in [0.5, 0.6) is 0 Å². The van der Waals surface area contributed by atoms with Crippen molar-refractivity contribution in [1.29, 1.82) is 0 Å². The molecule has 2 N–H and O–H groups in total. The second-order valence-electron chi connectivity index (χ2n) is 6.44. The largest absolute Gasteiger partial charge is 0.391 e. The van der Waals surface area contributed by atoms with Crippen LogP contribution in [0.1, 0.15) is 51.9 Å². The molecule has 0 radical (unpaired) electrons. The van der Waals surface area contributed by atoms with Crippen LogP contribution in [-0.4, -0.2) is 39.6 Å². The lowest BCUT2D eigenvalue weighted by molar-refractivity contribution is -0.135. The van der Waals surface area contributed by atoms with E-state index in [1.165, 1.54) is 4.90 Å². The van der Waals surface area contributed by atoms with Crippen LogP contribution in [0.25, 0.3) is 0 Å². The van der Waals surface area contributed by atoms with Gasteiger partial charge < -0.3 is 10.4 Å². The van der Waals surface area contributed by atoms with E-state index in [9.17, 15) is 14.7 Å². The van der Waals surface area contributed by atoms with Gasteiger partial charge in [-0.05, 0) is 50.9 Å². The highest BCUT2D eigenvalue weighted by Gasteiger charge is 2.55.